The topological polar surface area (TPSA) is 78.1 Å². The van der Waals surface area contributed by atoms with Gasteiger partial charge in [0.2, 0.25) is 0 Å². The maximum Gasteiger partial charge on any atom is 0.0117 e. The Labute approximate surface area is 179 Å². The summed E-state index contributed by atoms with van der Waals surface area (Å²) in [6.07, 6.45) is 6.03. The zero-order chi connectivity index (χ0) is 21.6. The molecule has 0 saturated heterocycles. The molecule has 0 radical (unpaired) electrons. The summed E-state index contributed by atoms with van der Waals surface area (Å²) >= 11 is 5.11. The number of nitrogens with two attached hydrogens (primary N) is 3. The number of rotatable bonds is 12. The summed E-state index contributed by atoms with van der Waals surface area (Å²) in [5.41, 5.74) is 22.8. The van der Waals surface area contributed by atoms with Crippen LogP contribution in [0.2, 0.25) is 0 Å². The number of thiol groups is 1. The molecule has 1 aromatic rings. The minimum Gasteiger partial charge on any atom is -0.330 e. The fourth-order valence-electron chi connectivity index (χ4n) is 4.87. The van der Waals surface area contributed by atoms with E-state index in [1.165, 1.54) is 16.7 Å². The third kappa shape index (κ3) is 4.16. The second-order valence-corrected chi connectivity index (χ2v) is 8.94. The second kappa shape index (κ2) is 10.5. The SMILES string of the molecule is CCC(CC)(CN)c1cc(C(CC)(CC)CN)c(S)c(C(CC)(CC)CN)c1. The van der Waals surface area contributed by atoms with Gasteiger partial charge in [0.15, 0.2) is 0 Å². The zero-order valence-electron chi connectivity index (χ0n) is 19.2. The van der Waals surface area contributed by atoms with Crippen LogP contribution in [-0.2, 0) is 16.2 Å². The molecule has 0 aromatic heterocycles. The van der Waals surface area contributed by atoms with Gasteiger partial charge in [-0.15, -0.1) is 12.6 Å². The highest BCUT2D eigenvalue weighted by atomic mass is 32.1. The smallest absolute Gasteiger partial charge is 0.0117 e. The fourth-order valence-corrected chi connectivity index (χ4v) is 5.48. The molecule has 162 valence electrons. The van der Waals surface area contributed by atoms with Crippen LogP contribution in [-0.4, -0.2) is 19.6 Å². The van der Waals surface area contributed by atoms with Gasteiger partial charge < -0.3 is 17.2 Å². The summed E-state index contributed by atoms with van der Waals surface area (Å²) in [5, 5.41) is 0. The van der Waals surface area contributed by atoms with Crippen LogP contribution in [0.25, 0.3) is 0 Å². The van der Waals surface area contributed by atoms with Crippen molar-refractivity contribution in [2.75, 3.05) is 19.6 Å². The van der Waals surface area contributed by atoms with E-state index in [0.29, 0.717) is 19.6 Å². The first-order chi connectivity index (χ1) is 13.3. The Morgan fingerprint density at radius 1 is 0.607 bits per heavy atom. The lowest BCUT2D eigenvalue weighted by atomic mass is 9.67. The first kappa shape index (κ1) is 25.5. The molecule has 0 spiro atoms. The van der Waals surface area contributed by atoms with Gasteiger partial charge in [-0.25, -0.2) is 0 Å². The quantitative estimate of drug-likeness (QED) is 0.367. The number of hydrogen-bond acceptors (Lipinski definition) is 4. The van der Waals surface area contributed by atoms with E-state index >= 15 is 0 Å². The van der Waals surface area contributed by atoms with Crippen molar-refractivity contribution >= 4 is 12.6 Å². The molecule has 0 aliphatic heterocycles. The monoisotopic (exact) mass is 407 g/mol. The summed E-state index contributed by atoms with van der Waals surface area (Å²) in [7, 11) is 0. The van der Waals surface area contributed by atoms with E-state index in [2.05, 4.69) is 53.7 Å². The molecule has 1 rings (SSSR count). The predicted octanol–water partition coefficient (Wildman–Crippen LogP) is 5.02. The van der Waals surface area contributed by atoms with Crippen LogP contribution in [0, 0.1) is 0 Å². The summed E-state index contributed by atoms with van der Waals surface area (Å²) in [4.78, 5) is 1.09. The molecule has 0 fully saturated rings. The van der Waals surface area contributed by atoms with Crippen LogP contribution in [0.3, 0.4) is 0 Å². The molecule has 0 atom stereocenters. The normalized spacial score (nSPS) is 13.2. The van der Waals surface area contributed by atoms with Gasteiger partial charge >= 0.3 is 0 Å². The van der Waals surface area contributed by atoms with Crippen molar-refractivity contribution in [3.63, 3.8) is 0 Å². The first-order valence-electron chi connectivity index (χ1n) is 11.3. The minimum atomic E-state index is -0.0640. The van der Waals surface area contributed by atoms with E-state index in [1.54, 1.807) is 0 Å². The second-order valence-electron chi connectivity index (χ2n) is 8.49. The molecular weight excluding hydrogens is 362 g/mol. The Balaban J connectivity index is 4.03. The molecule has 0 aliphatic rings. The Hall–Kier alpha value is -0.550. The van der Waals surface area contributed by atoms with E-state index in [4.69, 9.17) is 29.8 Å². The van der Waals surface area contributed by atoms with Crippen molar-refractivity contribution in [3.8, 4) is 0 Å². The van der Waals surface area contributed by atoms with Crippen molar-refractivity contribution in [2.24, 2.45) is 17.2 Å². The van der Waals surface area contributed by atoms with Gasteiger partial charge in [-0.1, -0.05) is 53.7 Å². The molecule has 0 amide bonds. The molecule has 6 N–H and O–H groups in total. The molecule has 28 heavy (non-hydrogen) atoms. The lowest BCUT2D eigenvalue weighted by Gasteiger charge is -2.40. The highest BCUT2D eigenvalue weighted by molar-refractivity contribution is 7.80. The maximum absolute atomic E-state index is 6.36. The van der Waals surface area contributed by atoms with Crippen molar-refractivity contribution < 1.29 is 0 Å². The highest BCUT2D eigenvalue weighted by Crippen LogP contribution is 2.45. The van der Waals surface area contributed by atoms with E-state index in [-0.39, 0.29) is 16.2 Å². The van der Waals surface area contributed by atoms with Gasteiger partial charge in [0.05, 0.1) is 0 Å². The number of benzene rings is 1. The van der Waals surface area contributed by atoms with E-state index in [1.807, 2.05) is 0 Å². The van der Waals surface area contributed by atoms with Crippen LogP contribution >= 0.6 is 12.6 Å². The van der Waals surface area contributed by atoms with Crippen molar-refractivity contribution in [1.82, 2.24) is 0 Å². The van der Waals surface area contributed by atoms with Crippen LogP contribution in [0.5, 0.6) is 0 Å². The molecule has 0 aliphatic carbocycles. The average molecular weight is 408 g/mol. The van der Waals surface area contributed by atoms with E-state index in [0.717, 1.165) is 43.4 Å². The zero-order valence-corrected chi connectivity index (χ0v) is 20.1. The largest absolute Gasteiger partial charge is 0.330 e. The summed E-state index contributed by atoms with van der Waals surface area (Å²) in [6, 6.07) is 4.75. The Morgan fingerprint density at radius 2 is 0.893 bits per heavy atom. The van der Waals surface area contributed by atoms with Gasteiger partial charge in [0.1, 0.15) is 0 Å². The van der Waals surface area contributed by atoms with Gasteiger partial charge in [-0.3, -0.25) is 0 Å². The maximum atomic E-state index is 6.36. The third-order valence-corrected chi connectivity index (χ3v) is 8.58. The predicted molar refractivity (Wildman–Crippen MR) is 128 cm³/mol. The molecule has 0 saturated carbocycles. The summed E-state index contributed by atoms with van der Waals surface area (Å²) < 4.78 is 0. The minimum absolute atomic E-state index is 0.0192. The van der Waals surface area contributed by atoms with Crippen LogP contribution in [0.15, 0.2) is 17.0 Å². The molecule has 0 unspecified atom stereocenters. The number of hydrogen-bond donors (Lipinski definition) is 4. The summed E-state index contributed by atoms with van der Waals surface area (Å²) in [5.74, 6) is 0. The lowest BCUT2D eigenvalue weighted by molar-refractivity contribution is 0.369. The highest BCUT2D eigenvalue weighted by Gasteiger charge is 2.38. The standard InChI is InChI=1S/C24H45N3S/c1-7-22(8-2,15-25)18-13-19(23(9-3,10-4)16-26)21(28)20(14-18)24(11-5,12-6)17-27/h13-14,28H,7-12,15-17,25-27H2,1-6H3. The van der Waals surface area contributed by atoms with E-state index < -0.39 is 0 Å². The Morgan fingerprint density at radius 3 is 1.11 bits per heavy atom. The first-order valence-corrected chi connectivity index (χ1v) is 11.7. The van der Waals surface area contributed by atoms with Crippen LogP contribution in [0.4, 0.5) is 0 Å². The molecule has 0 bridgehead atoms. The molecule has 0 heterocycles. The molecular formula is C24H45N3S. The Bertz CT molecular complexity index is 548. The van der Waals surface area contributed by atoms with Crippen molar-refractivity contribution in [3.05, 3.63) is 28.8 Å². The van der Waals surface area contributed by atoms with Gasteiger partial charge in [-0.05, 0) is 55.2 Å². The third-order valence-electron chi connectivity index (χ3n) is 8.10. The van der Waals surface area contributed by atoms with Gasteiger partial charge in [0, 0.05) is 40.8 Å². The van der Waals surface area contributed by atoms with Crippen LogP contribution in [0.1, 0.15) is 96.8 Å². The van der Waals surface area contributed by atoms with Crippen molar-refractivity contribution in [1.29, 1.82) is 0 Å². The van der Waals surface area contributed by atoms with Crippen LogP contribution < -0.4 is 17.2 Å². The molecule has 3 nitrogen and oxygen atoms in total. The van der Waals surface area contributed by atoms with Gasteiger partial charge in [0.25, 0.3) is 0 Å². The Kier molecular flexibility index (Phi) is 9.53. The molecule has 4 heteroatoms. The summed E-state index contributed by atoms with van der Waals surface area (Å²) in [6.45, 7) is 15.3. The molecule has 1 aromatic carbocycles. The van der Waals surface area contributed by atoms with Gasteiger partial charge in [-0.2, -0.15) is 0 Å². The lowest BCUT2D eigenvalue weighted by Crippen LogP contribution is -2.40. The van der Waals surface area contributed by atoms with Crippen molar-refractivity contribution in [2.45, 2.75) is 101 Å². The van der Waals surface area contributed by atoms with E-state index in [9.17, 15) is 0 Å². The average Bonchev–Trinajstić information content (AvgIpc) is 2.75. The fraction of sp³-hybridized carbons (Fsp3) is 0.750.